The summed E-state index contributed by atoms with van der Waals surface area (Å²) in [4.78, 5) is 8.22. The zero-order valence-corrected chi connectivity index (χ0v) is 13.7. The highest BCUT2D eigenvalue weighted by atomic mass is 14.8. The molecule has 0 fully saturated rings. The van der Waals surface area contributed by atoms with Crippen molar-refractivity contribution in [2.75, 3.05) is 0 Å². The summed E-state index contributed by atoms with van der Waals surface area (Å²) >= 11 is 0. The summed E-state index contributed by atoms with van der Waals surface area (Å²) in [5, 5.41) is 0. The number of pyridine rings is 1. The van der Waals surface area contributed by atoms with Crippen molar-refractivity contribution < 1.29 is 0 Å². The predicted octanol–water partition coefficient (Wildman–Crippen LogP) is 4.11. The maximum Gasteiger partial charge on any atom is 0.0885 e. The second-order valence-corrected chi connectivity index (χ2v) is 7.02. The summed E-state index contributed by atoms with van der Waals surface area (Å²) in [5.74, 6) is 0.778. The second kappa shape index (κ2) is 5.92. The molecule has 0 bridgehead atoms. The first kappa shape index (κ1) is 15.6. The number of aromatic amines is 1. The van der Waals surface area contributed by atoms with E-state index in [-0.39, 0.29) is 0 Å². The lowest BCUT2D eigenvalue weighted by Crippen LogP contribution is -2.27. The Kier molecular flexibility index (Phi) is 4.40. The average Bonchev–Trinajstić information content (AvgIpc) is 2.74. The zero-order chi connectivity index (χ0) is 15.6. The number of nitrogens with one attached hydrogen (secondary N) is 1. The molecule has 1 aliphatic rings. The molecule has 0 spiro atoms. The van der Waals surface area contributed by atoms with Gasteiger partial charge in [-0.15, -0.1) is 0 Å². The van der Waals surface area contributed by atoms with Gasteiger partial charge in [0.15, 0.2) is 0 Å². The molecule has 1 aliphatic carbocycles. The normalized spacial score (nSPS) is 17.8. The molecule has 114 valence electrons. The molecule has 2 aromatic rings. The van der Waals surface area contributed by atoms with Gasteiger partial charge < -0.3 is 10.7 Å². The summed E-state index contributed by atoms with van der Waals surface area (Å²) in [5.41, 5.74) is 11.3. The Labute approximate surface area is 127 Å². The van der Waals surface area contributed by atoms with Gasteiger partial charge in [0.25, 0.3) is 0 Å². The molecule has 21 heavy (non-hydrogen) atoms. The molecular formula is C18H27N3. The van der Waals surface area contributed by atoms with E-state index in [0.717, 1.165) is 17.9 Å². The lowest BCUT2D eigenvalue weighted by Gasteiger charge is -2.34. The van der Waals surface area contributed by atoms with Crippen molar-refractivity contribution in [3.8, 4) is 0 Å². The number of aryl methyl sites for hydroxylation is 2. The Hall–Kier alpha value is -1.77. The third-order valence-corrected chi connectivity index (χ3v) is 4.33. The third-order valence-electron chi connectivity index (χ3n) is 4.33. The van der Waals surface area contributed by atoms with Crippen LogP contribution >= 0.6 is 0 Å². The lowest BCUT2D eigenvalue weighted by atomic mass is 9.71. The number of nitrogens with zero attached hydrogens (tertiary/aromatic N) is 1. The molecular weight excluding hydrogens is 258 g/mol. The van der Waals surface area contributed by atoms with Gasteiger partial charge in [0.1, 0.15) is 0 Å². The number of rotatable bonds is 0. The highest BCUT2D eigenvalue weighted by Crippen LogP contribution is 2.37. The average molecular weight is 285 g/mol. The fourth-order valence-electron chi connectivity index (χ4n) is 3.08. The van der Waals surface area contributed by atoms with E-state index in [1.165, 1.54) is 41.5 Å². The van der Waals surface area contributed by atoms with Crippen molar-refractivity contribution in [3.05, 3.63) is 41.9 Å². The third kappa shape index (κ3) is 3.46. The summed E-state index contributed by atoms with van der Waals surface area (Å²) < 4.78 is 0. The van der Waals surface area contributed by atoms with E-state index >= 15 is 0 Å². The van der Waals surface area contributed by atoms with E-state index in [9.17, 15) is 0 Å². The van der Waals surface area contributed by atoms with E-state index in [2.05, 4.69) is 57.1 Å². The summed E-state index contributed by atoms with van der Waals surface area (Å²) in [7, 11) is 0. The standard InChI is InChI=1S/C16H22N2.C2H5N/c1-10-7-14-15(17-10)9-11-8-12(16(2,3)4)5-6-13(11)18-14;1-2-3/h7,9,12,17H,5-6,8H2,1-4H3;2H,1,3H2. The number of hydrogen-bond acceptors (Lipinski definition) is 2. The molecule has 2 heterocycles. The van der Waals surface area contributed by atoms with Crippen molar-refractivity contribution in [3.63, 3.8) is 0 Å². The molecule has 0 saturated heterocycles. The summed E-state index contributed by atoms with van der Waals surface area (Å²) in [6.07, 6.45) is 4.84. The van der Waals surface area contributed by atoms with Crippen LogP contribution in [0.5, 0.6) is 0 Å². The highest BCUT2D eigenvalue weighted by molar-refractivity contribution is 5.77. The monoisotopic (exact) mass is 285 g/mol. The number of nitrogens with two attached hydrogens (primary N) is 1. The van der Waals surface area contributed by atoms with Crippen LogP contribution in [0.4, 0.5) is 0 Å². The predicted molar refractivity (Wildman–Crippen MR) is 90.2 cm³/mol. The van der Waals surface area contributed by atoms with Crippen LogP contribution in [0.1, 0.15) is 44.1 Å². The molecule has 0 aliphatic heterocycles. The van der Waals surface area contributed by atoms with Gasteiger partial charge in [-0.2, -0.15) is 0 Å². The van der Waals surface area contributed by atoms with E-state index in [1.54, 1.807) is 0 Å². The minimum absolute atomic E-state index is 0.401. The number of H-pyrrole nitrogens is 1. The fourth-order valence-corrected chi connectivity index (χ4v) is 3.08. The van der Waals surface area contributed by atoms with E-state index in [0.29, 0.717) is 5.41 Å². The van der Waals surface area contributed by atoms with Crippen LogP contribution in [0.15, 0.2) is 24.9 Å². The second-order valence-electron chi connectivity index (χ2n) is 7.02. The highest BCUT2D eigenvalue weighted by Gasteiger charge is 2.29. The van der Waals surface area contributed by atoms with Gasteiger partial charge in [-0.1, -0.05) is 27.4 Å². The Morgan fingerprint density at radius 3 is 2.67 bits per heavy atom. The van der Waals surface area contributed by atoms with Crippen molar-refractivity contribution in [1.29, 1.82) is 0 Å². The minimum Gasteiger partial charge on any atom is -0.405 e. The van der Waals surface area contributed by atoms with Crippen LogP contribution in [0.3, 0.4) is 0 Å². The molecule has 1 unspecified atom stereocenters. The van der Waals surface area contributed by atoms with E-state index in [1.807, 2.05) is 0 Å². The van der Waals surface area contributed by atoms with Crippen molar-refractivity contribution in [1.82, 2.24) is 9.97 Å². The molecule has 3 nitrogen and oxygen atoms in total. The fraction of sp³-hybridized carbons (Fsp3) is 0.500. The Morgan fingerprint density at radius 2 is 2.05 bits per heavy atom. The molecule has 3 heteroatoms. The Balaban J connectivity index is 0.000000497. The number of hydrogen-bond donors (Lipinski definition) is 2. The molecule has 0 aromatic carbocycles. The van der Waals surface area contributed by atoms with Gasteiger partial charge in [-0.05, 0) is 61.4 Å². The largest absolute Gasteiger partial charge is 0.405 e. The summed E-state index contributed by atoms with van der Waals surface area (Å²) in [6.45, 7) is 12.3. The molecule has 3 N–H and O–H groups in total. The Bertz CT molecular complexity index is 632. The molecule has 3 rings (SSSR count). The summed E-state index contributed by atoms with van der Waals surface area (Å²) in [6, 6.07) is 4.47. The topological polar surface area (TPSA) is 54.7 Å². The van der Waals surface area contributed by atoms with Gasteiger partial charge in [0.2, 0.25) is 0 Å². The van der Waals surface area contributed by atoms with Crippen LogP contribution < -0.4 is 5.73 Å². The van der Waals surface area contributed by atoms with Crippen LogP contribution in [0.25, 0.3) is 11.0 Å². The van der Waals surface area contributed by atoms with E-state index in [4.69, 9.17) is 4.98 Å². The van der Waals surface area contributed by atoms with Crippen LogP contribution in [0.2, 0.25) is 0 Å². The first-order valence-corrected chi connectivity index (χ1v) is 7.66. The van der Waals surface area contributed by atoms with Crippen LogP contribution in [0, 0.1) is 18.3 Å². The molecule has 0 radical (unpaired) electrons. The molecule has 1 atom stereocenters. The quantitative estimate of drug-likeness (QED) is 0.765. The maximum atomic E-state index is 4.82. The molecule has 0 saturated carbocycles. The number of aromatic nitrogens is 2. The first-order valence-electron chi connectivity index (χ1n) is 7.66. The van der Waals surface area contributed by atoms with Gasteiger partial charge in [-0.3, -0.25) is 4.98 Å². The zero-order valence-electron chi connectivity index (χ0n) is 13.7. The van der Waals surface area contributed by atoms with Gasteiger partial charge >= 0.3 is 0 Å². The van der Waals surface area contributed by atoms with Crippen LogP contribution in [-0.4, -0.2) is 9.97 Å². The van der Waals surface area contributed by atoms with Crippen molar-refractivity contribution in [2.24, 2.45) is 17.1 Å². The van der Waals surface area contributed by atoms with Crippen LogP contribution in [-0.2, 0) is 12.8 Å². The van der Waals surface area contributed by atoms with E-state index < -0.39 is 0 Å². The van der Waals surface area contributed by atoms with Gasteiger partial charge in [0.05, 0.1) is 11.0 Å². The minimum atomic E-state index is 0.401. The van der Waals surface area contributed by atoms with Crippen molar-refractivity contribution >= 4 is 11.0 Å². The molecule has 2 aromatic heterocycles. The van der Waals surface area contributed by atoms with Crippen molar-refractivity contribution in [2.45, 2.75) is 47.0 Å². The first-order chi connectivity index (χ1) is 9.85. The van der Waals surface area contributed by atoms with Gasteiger partial charge in [0, 0.05) is 11.4 Å². The SMILES string of the molecule is C=CN.Cc1cc2nc3c(cc2[nH]1)CC(C(C)(C)C)CC3. The smallest absolute Gasteiger partial charge is 0.0885 e. The number of fused-ring (bicyclic) bond motifs is 2. The lowest BCUT2D eigenvalue weighted by molar-refractivity contribution is 0.215. The maximum absolute atomic E-state index is 4.82. The Morgan fingerprint density at radius 1 is 1.38 bits per heavy atom. The molecule has 0 amide bonds. The van der Waals surface area contributed by atoms with Gasteiger partial charge in [-0.25, -0.2) is 0 Å².